The number of aliphatic hydroxyl groups is 4. The summed E-state index contributed by atoms with van der Waals surface area (Å²) in [5, 5.41) is 43.4. The fourth-order valence-electron chi connectivity index (χ4n) is 3.85. The van der Waals surface area contributed by atoms with E-state index in [2.05, 4.69) is 0 Å². The molecule has 1 aliphatic carbocycles. The van der Waals surface area contributed by atoms with Gasteiger partial charge in [-0.25, -0.2) is 0 Å². The molecule has 1 fully saturated rings. The first kappa shape index (κ1) is 22.4. The van der Waals surface area contributed by atoms with Gasteiger partial charge in [-0.05, 0) is 11.4 Å². The summed E-state index contributed by atoms with van der Waals surface area (Å²) in [6.07, 6.45) is 6.97. The lowest BCUT2D eigenvalue weighted by molar-refractivity contribution is -0.767. The highest BCUT2D eigenvalue weighted by Gasteiger charge is 2.44. The van der Waals surface area contributed by atoms with Gasteiger partial charge in [-0.15, -0.1) is 11.3 Å². The van der Waals surface area contributed by atoms with Crippen LogP contribution < -0.4 is 5.32 Å². The highest BCUT2D eigenvalue weighted by molar-refractivity contribution is 7.10. The number of hydrogen-bond acceptors (Lipinski definition) is 7. The molecule has 2 aliphatic rings. The van der Waals surface area contributed by atoms with Crippen molar-refractivity contribution < 1.29 is 35.3 Å². The van der Waals surface area contributed by atoms with E-state index in [9.17, 15) is 30.0 Å². The lowest BCUT2D eigenvalue weighted by atomic mass is 9.81. The van der Waals surface area contributed by atoms with E-state index >= 15 is 0 Å². The number of carbonyl (C=O) groups is 2. The van der Waals surface area contributed by atoms with Gasteiger partial charge >= 0.3 is 0 Å². The number of nitrogens with zero attached hydrogens (tertiary/aromatic N) is 1. The molecule has 9 heteroatoms. The number of quaternary nitrogens is 1. The summed E-state index contributed by atoms with van der Waals surface area (Å²) in [6.45, 7) is -1.46. The number of nitrogens with two attached hydrogens (primary N) is 1. The Hall–Kier alpha value is -2.30. The van der Waals surface area contributed by atoms with E-state index in [0.29, 0.717) is 0 Å². The second kappa shape index (κ2) is 9.23. The van der Waals surface area contributed by atoms with Crippen LogP contribution in [0.4, 0.5) is 0 Å². The maximum atomic E-state index is 13.0. The van der Waals surface area contributed by atoms with Crippen LogP contribution in [-0.4, -0.2) is 75.5 Å². The van der Waals surface area contributed by atoms with Gasteiger partial charge in [0.15, 0.2) is 11.3 Å². The lowest BCUT2D eigenvalue weighted by Crippen LogP contribution is -3.00. The molecule has 0 bridgehead atoms. The van der Waals surface area contributed by atoms with Crippen LogP contribution in [0.3, 0.4) is 0 Å². The number of ketones is 1. The highest BCUT2D eigenvalue weighted by atomic mass is 32.1. The molecule has 0 saturated carbocycles. The molecule has 1 amide bonds. The average Bonchev–Trinajstić information content (AvgIpc) is 3.30. The van der Waals surface area contributed by atoms with Gasteiger partial charge in [-0.1, -0.05) is 30.4 Å². The molecule has 30 heavy (non-hydrogen) atoms. The fraction of sp³-hybridized carbons (Fsp3) is 0.429. The van der Waals surface area contributed by atoms with Crippen LogP contribution in [0.5, 0.6) is 0 Å². The van der Waals surface area contributed by atoms with Crippen LogP contribution in [0.2, 0.25) is 0 Å². The van der Waals surface area contributed by atoms with E-state index in [1.54, 1.807) is 36.7 Å². The minimum Gasteiger partial charge on any atom is -0.511 e. The summed E-state index contributed by atoms with van der Waals surface area (Å²) < 4.78 is 0. The number of likely N-dealkylation sites (tertiary alicyclic amines) is 1. The predicted molar refractivity (Wildman–Crippen MR) is 111 cm³/mol. The van der Waals surface area contributed by atoms with Crippen molar-refractivity contribution in [2.75, 3.05) is 26.9 Å². The van der Waals surface area contributed by atoms with Gasteiger partial charge in [-0.2, -0.15) is 0 Å². The van der Waals surface area contributed by atoms with Crippen molar-refractivity contribution in [3.8, 4) is 0 Å². The van der Waals surface area contributed by atoms with Gasteiger partial charge in [0.2, 0.25) is 0 Å². The van der Waals surface area contributed by atoms with Crippen LogP contribution in [-0.2, 0) is 9.59 Å². The van der Waals surface area contributed by atoms with Crippen LogP contribution in [0, 0.1) is 5.92 Å². The molecule has 0 unspecified atom stereocenters. The van der Waals surface area contributed by atoms with Gasteiger partial charge in [0.1, 0.15) is 37.2 Å². The van der Waals surface area contributed by atoms with Gasteiger partial charge in [0.05, 0.1) is 23.3 Å². The zero-order valence-corrected chi connectivity index (χ0v) is 17.5. The Kier molecular flexibility index (Phi) is 6.89. The van der Waals surface area contributed by atoms with Crippen molar-refractivity contribution in [1.29, 1.82) is 0 Å². The summed E-state index contributed by atoms with van der Waals surface area (Å²) >= 11 is 1.40. The summed E-state index contributed by atoms with van der Waals surface area (Å²) in [5.41, 5.74) is -1.50. The third-order valence-electron chi connectivity index (χ3n) is 5.75. The van der Waals surface area contributed by atoms with Gasteiger partial charge in [0, 0.05) is 7.05 Å². The minimum atomic E-state index is -1.26. The molecule has 162 valence electrons. The van der Waals surface area contributed by atoms with E-state index in [0.717, 1.165) is 4.88 Å². The molecule has 1 aliphatic heterocycles. The summed E-state index contributed by atoms with van der Waals surface area (Å²) in [6, 6.07) is 2.74. The lowest BCUT2D eigenvalue weighted by Gasteiger charge is -2.37. The van der Waals surface area contributed by atoms with E-state index in [4.69, 9.17) is 0 Å². The third kappa shape index (κ3) is 4.12. The van der Waals surface area contributed by atoms with Gasteiger partial charge < -0.3 is 30.6 Å². The molecule has 3 rings (SSSR count). The SMILES string of the molecule is CN1C(=O)/C(=C(/O)C[C@H]([NH2+]C(CO)(CO)CO)c2cccs2)C(=O)[C@H]2C=CC=C[C@@H]21. The van der Waals surface area contributed by atoms with E-state index in [1.807, 2.05) is 17.5 Å². The summed E-state index contributed by atoms with van der Waals surface area (Å²) in [7, 11) is 1.60. The molecule has 2 heterocycles. The maximum Gasteiger partial charge on any atom is 0.261 e. The second-order valence-electron chi connectivity index (χ2n) is 7.72. The standard InChI is InChI=1S/C21H26N2O6S/c1-23-15-6-3-2-5-13(15)19(28)18(20(23)29)16(27)9-14(17-7-4-8-30-17)22-21(10-24,11-25)12-26/h2-8,13-15,22,24-27H,9-12H2,1H3/p+1/b18-16+/t13-,14-,15-/m0/s1. The molecular weight excluding hydrogens is 408 g/mol. The Morgan fingerprint density at radius 1 is 1.20 bits per heavy atom. The molecule has 6 N–H and O–H groups in total. The number of rotatable bonds is 8. The zero-order chi connectivity index (χ0) is 21.9. The van der Waals surface area contributed by atoms with Crippen molar-refractivity contribution in [2.24, 2.45) is 5.92 Å². The Morgan fingerprint density at radius 2 is 1.87 bits per heavy atom. The number of hydrogen-bond donors (Lipinski definition) is 5. The minimum absolute atomic E-state index is 0.0696. The molecule has 1 aromatic heterocycles. The Bertz CT molecular complexity index is 864. The van der Waals surface area contributed by atoms with Crippen LogP contribution in [0.1, 0.15) is 17.3 Å². The van der Waals surface area contributed by atoms with Crippen LogP contribution in [0.15, 0.2) is 53.1 Å². The smallest absolute Gasteiger partial charge is 0.261 e. The van der Waals surface area contributed by atoms with Gasteiger partial charge in [-0.3, -0.25) is 9.59 Å². The van der Waals surface area contributed by atoms with Crippen molar-refractivity contribution >= 4 is 23.0 Å². The zero-order valence-electron chi connectivity index (χ0n) is 16.6. The molecule has 1 aromatic rings. The number of carbonyl (C=O) groups excluding carboxylic acids is 2. The largest absolute Gasteiger partial charge is 0.511 e. The van der Waals surface area contributed by atoms with E-state index in [1.165, 1.54) is 16.2 Å². The molecule has 0 spiro atoms. The Morgan fingerprint density at radius 3 is 2.47 bits per heavy atom. The first-order valence-electron chi connectivity index (χ1n) is 9.68. The monoisotopic (exact) mass is 435 g/mol. The van der Waals surface area contributed by atoms with Gasteiger partial charge in [0.25, 0.3) is 5.91 Å². The summed E-state index contributed by atoms with van der Waals surface area (Å²) in [4.78, 5) is 28.1. The maximum absolute atomic E-state index is 13.0. The highest BCUT2D eigenvalue weighted by Crippen LogP contribution is 2.32. The third-order valence-corrected chi connectivity index (χ3v) is 6.75. The van der Waals surface area contributed by atoms with Crippen LogP contribution in [0.25, 0.3) is 0 Å². The van der Waals surface area contributed by atoms with Crippen molar-refractivity contribution in [3.63, 3.8) is 0 Å². The Labute approximate surface area is 178 Å². The van der Waals surface area contributed by atoms with E-state index in [-0.39, 0.29) is 23.8 Å². The average molecular weight is 436 g/mol. The topological polar surface area (TPSA) is 135 Å². The Balaban J connectivity index is 1.94. The van der Waals surface area contributed by atoms with Crippen LogP contribution >= 0.6 is 11.3 Å². The molecule has 3 atom stereocenters. The first-order chi connectivity index (χ1) is 14.4. The van der Waals surface area contributed by atoms with E-state index < -0.39 is 49.0 Å². The molecule has 0 radical (unpaired) electrons. The molecular formula is C21H27N2O6S+. The number of aliphatic hydroxyl groups excluding tert-OH is 4. The fourth-order valence-corrected chi connectivity index (χ4v) is 4.64. The number of amides is 1. The number of Topliss-reactive ketones (excluding diaryl/α,β-unsaturated/α-hetero) is 1. The van der Waals surface area contributed by atoms with Crippen molar-refractivity contribution in [1.82, 2.24) is 4.90 Å². The number of likely N-dealkylation sites (N-methyl/N-ethyl adjacent to an activating group) is 1. The number of thiophene rings is 1. The predicted octanol–water partition coefficient (Wildman–Crippen LogP) is -0.578. The van der Waals surface area contributed by atoms with Crippen molar-refractivity contribution in [2.45, 2.75) is 24.0 Å². The van der Waals surface area contributed by atoms with Crippen molar-refractivity contribution in [3.05, 3.63) is 58.0 Å². The molecule has 8 nitrogen and oxygen atoms in total. The normalized spacial score (nSPS) is 24.2. The second-order valence-corrected chi connectivity index (χ2v) is 8.70. The number of piperidine rings is 1. The summed E-state index contributed by atoms with van der Waals surface area (Å²) in [5.74, 6) is -1.86. The number of allylic oxidation sites excluding steroid dienone is 2. The molecule has 1 saturated heterocycles. The quantitative estimate of drug-likeness (QED) is 0.211. The first-order valence-corrected chi connectivity index (χ1v) is 10.6. The number of fused-ring (bicyclic) bond motifs is 1. The molecule has 0 aromatic carbocycles.